The van der Waals surface area contributed by atoms with Crippen LogP contribution in [0.15, 0.2) is 66.7 Å². The van der Waals surface area contributed by atoms with Gasteiger partial charge >= 0.3 is 6.18 Å². The van der Waals surface area contributed by atoms with Crippen molar-refractivity contribution in [2.24, 2.45) is 0 Å². The third kappa shape index (κ3) is 5.72. The molecular formula is C25H17F3N2S. The van der Waals surface area contributed by atoms with Gasteiger partial charge < -0.3 is 0 Å². The van der Waals surface area contributed by atoms with Gasteiger partial charge in [0.05, 0.1) is 28.8 Å². The van der Waals surface area contributed by atoms with E-state index in [-0.39, 0.29) is 5.57 Å². The Morgan fingerprint density at radius 3 is 2.03 bits per heavy atom. The van der Waals surface area contributed by atoms with Gasteiger partial charge in [0.25, 0.3) is 0 Å². The molecule has 0 spiro atoms. The molecule has 0 aliphatic heterocycles. The molecule has 2 nitrogen and oxygen atoms in total. The van der Waals surface area contributed by atoms with Crippen LogP contribution in [0.1, 0.15) is 32.0 Å². The van der Waals surface area contributed by atoms with E-state index in [1.807, 2.05) is 49.4 Å². The highest BCUT2D eigenvalue weighted by Gasteiger charge is 2.30. The molecule has 0 radical (unpaired) electrons. The summed E-state index contributed by atoms with van der Waals surface area (Å²) in [5, 5.41) is 18.9. The van der Waals surface area contributed by atoms with E-state index in [0.717, 1.165) is 33.0 Å². The number of rotatable bonds is 5. The minimum atomic E-state index is -4.41. The van der Waals surface area contributed by atoms with Gasteiger partial charge in [-0.15, -0.1) is 11.3 Å². The van der Waals surface area contributed by atoms with Crippen molar-refractivity contribution in [1.82, 2.24) is 0 Å². The lowest BCUT2D eigenvalue weighted by Gasteiger charge is -2.07. The molecule has 2 aromatic carbocycles. The van der Waals surface area contributed by atoms with Gasteiger partial charge in [-0.25, -0.2) is 0 Å². The summed E-state index contributed by atoms with van der Waals surface area (Å²) in [5.41, 5.74) is 2.54. The number of nitrogens with zero attached hydrogens (tertiary/aromatic N) is 2. The quantitative estimate of drug-likeness (QED) is 0.396. The van der Waals surface area contributed by atoms with Crippen LogP contribution >= 0.6 is 11.3 Å². The fraction of sp³-hybridized carbons (Fsp3) is 0.120. The van der Waals surface area contributed by atoms with Crippen LogP contribution in [-0.2, 0) is 12.6 Å². The average molecular weight is 434 g/mol. The molecule has 0 unspecified atom stereocenters. The van der Waals surface area contributed by atoms with Crippen LogP contribution in [-0.4, -0.2) is 0 Å². The molecule has 31 heavy (non-hydrogen) atoms. The van der Waals surface area contributed by atoms with Crippen molar-refractivity contribution in [3.05, 3.63) is 98.7 Å². The van der Waals surface area contributed by atoms with Crippen LogP contribution in [0.25, 0.3) is 17.2 Å². The lowest BCUT2D eigenvalue weighted by atomic mass is 10.0. The number of allylic oxidation sites excluding steroid dienone is 3. The van der Waals surface area contributed by atoms with Crippen molar-refractivity contribution in [2.45, 2.75) is 19.5 Å². The number of hydrogen-bond donors (Lipinski definition) is 0. The van der Waals surface area contributed by atoms with Gasteiger partial charge in [0.2, 0.25) is 0 Å². The van der Waals surface area contributed by atoms with Crippen molar-refractivity contribution < 1.29 is 13.2 Å². The predicted molar refractivity (Wildman–Crippen MR) is 118 cm³/mol. The van der Waals surface area contributed by atoms with E-state index in [1.165, 1.54) is 23.5 Å². The molecular weight excluding hydrogens is 417 g/mol. The number of nitriles is 2. The topological polar surface area (TPSA) is 47.6 Å². The summed E-state index contributed by atoms with van der Waals surface area (Å²) in [7, 11) is 0. The molecule has 0 saturated heterocycles. The molecule has 3 rings (SSSR count). The maximum Gasteiger partial charge on any atom is 0.416 e. The molecule has 0 aliphatic rings. The Labute approximate surface area is 182 Å². The minimum Gasteiger partial charge on any atom is -0.192 e. The zero-order valence-electron chi connectivity index (χ0n) is 16.6. The van der Waals surface area contributed by atoms with Gasteiger partial charge in [-0.05, 0) is 48.4 Å². The zero-order chi connectivity index (χ0) is 22.4. The first-order valence-electron chi connectivity index (χ1n) is 9.35. The van der Waals surface area contributed by atoms with Gasteiger partial charge in [-0.1, -0.05) is 48.0 Å². The van der Waals surface area contributed by atoms with Crippen molar-refractivity contribution in [3.63, 3.8) is 0 Å². The number of alkyl halides is 3. The highest BCUT2D eigenvalue weighted by molar-refractivity contribution is 7.13. The molecule has 0 bridgehead atoms. The smallest absolute Gasteiger partial charge is 0.192 e. The van der Waals surface area contributed by atoms with Crippen LogP contribution in [0.5, 0.6) is 0 Å². The lowest BCUT2D eigenvalue weighted by Crippen LogP contribution is -2.04. The highest BCUT2D eigenvalue weighted by atomic mass is 32.1. The van der Waals surface area contributed by atoms with Gasteiger partial charge in [-0.3, -0.25) is 0 Å². The van der Waals surface area contributed by atoms with E-state index >= 15 is 0 Å². The third-order valence-electron chi connectivity index (χ3n) is 4.60. The molecule has 6 heteroatoms. The molecule has 0 saturated carbocycles. The Kier molecular flexibility index (Phi) is 6.74. The van der Waals surface area contributed by atoms with E-state index in [9.17, 15) is 23.7 Å². The SMILES string of the molecule is Cc1ccc(/C(C#N)=C/Cc2ccc(/C=C(\C#N)c3ccc(C(F)(F)F)cc3)s2)cc1. The van der Waals surface area contributed by atoms with Crippen LogP contribution in [0.3, 0.4) is 0 Å². The molecule has 3 aromatic rings. The first-order chi connectivity index (χ1) is 14.8. The van der Waals surface area contributed by atoms with Crippen LogP contribution in [0.4, 0.5) is 13.2 Å². The van der Waals surface area contributed by atoms with Crippen LogP contribution < -0.4 is 0 Å². The molecule has 0 N–H and O–H groups in total. The summed E-state index contributed by atoms with van der Waals surface area (Å²) in [4.78, 5) is 1.82. The molecule has 0 amide bonds. The lowest BCUT2D eigenvalue weighted by molar-refractivity contribution is -0.137. The maximum atomic E-state index is 12.7. The first-order valence-corrected chi connectivity index (χ1v) is 10.2. The summed E-state index contributed by atoms with van der Waals surface area (Å²) in [6, 6.07) is 20.3. The maximum absolute atomic E-state index is 12.7. The Morgan fingerprint density at radius 2 is 1.45 bits per heavy atom. The van der Waals surface area contributed by atoms with E-state index in [4.69, 9.17) is 0 Å². The minimum absolute atomic E-state index is 0.287. The van der Waals surface area contributed by atoms with Crippen molar-refractivity contribution in [3.8, 4) is 12.1 Å². The molecule has 0 fully saturated rings. The molecule has 154 valence electrons. The summed E-state index contributed by atoms with van der Waals surface area (Å²) in [6.07, 6.45) is -0.319. The van der Waals surface area contributed by atoms with Gasteiger partial charge in [0, 0.05) is 16.2 Å². The van der Waals surface area contributed by atoms with E-state index in [0.29, 0.717) is 17.6 Å². The second kappa shape index (κ2) is 9.47. The monoisotopic (exact) mass is 434 g/mol. The normalized spacial score (nSPS) is 12.3. The first kappa shape index (κ1) is 22.1. The summed E-state index contributed by atoms with van der Waals surface area (Å²) >= 11 is 1.47. The fourth-order valence-electron chi connectivity index (χ4n) is 2.91. The Hall–Kier alpha value is -3.61. The van der Waals surface area contributed by atoms with Crippen LogP contribution in [0.2, 0.25) is 0 Å². The van der Waals surface area contributed by atoms with Gasteiger partial charge in [0.15, 0.2) is 0 Å². The van der Waals surface area contributed by atoms with E-state index < -0.39 is 11.7 Å². The second-order valence-electron chi connectivity index (χ2n) is 6.85. The average Bonchev–Trinajstić information content (AvgIpc) is 3.20. The number of benzene rings is 2. The number of hydrogen-bond acceptors (Lipinski definition) is 3. The number of halogens is 3. The highest BCUT2D eigenvalue weighted by Crippen LogP contribution is 2.31. The van der Waals surface area contributed by atoms with Crippen molar-refractivity contribution in [1.29, 1.82) is 10.5 Å². The second-order valence-corrected chi connectivity index (χ2v) is 8.05. The Bertz CT molecular complexity index is 1200. The van der Waals surface area contributed by atoms with Crippen molar-refractivity contribution in [2.75, 3.05) is 0 Å². The summed E-state index contributed by atoms with van der Waals surface area (Å²) in [5.74, 6) is 0. The fourth-order valence-corrected chi connectivity index (χ4v) is 3.83. The summed E-state index contributed by atoms with van der Waals surface area (Å²) in [6.45, 7) is 1.99. The molecule has 0 atom stereocenters. The molecule has 1 aromatic heterocycles. The Balaban J connectivity index is 1.77. The third-order valence-corrected chi connectivity index (χ3v) is 5.66. The van der Waals surface area contributed by atoms with Gasteiger partial charge in [0.1, 0.15) is 0 Å². The van der Waals surface area contributed by atoms with Crippen LogP contribution in [0, 0.1) is 29.6 Å². The predicted octanol–water partition coefficient (Wildman–Crippen LogP) is 7.29. The number of thiophene rings is 1. The zero-order valence-corrected chi connectivity index (χ0v) is 17.4. The van der Waals surface area contributed by atoms with E-state index in [2.05, 4.69) is 12.1 Å². The van der Waals surface area contributed by atoms with Gasteiger partial charge in [-0.2, -0.15) is 23.7 Å². The van der Waals surface area contributed by atoms with Crippen molar-refractivity contribution >= 4 is 28.6 Å². The largest absolute Gasteiger partial charge is 0.416 e. The molecule has 0 aliphatic carbocycles. The van der Waals surface area contributed by atoms with E-state index in [1.54, 1.807) is 6.08 Å². The summed E-state index contributed by atoms with van der Waals surface area (Å²) < 4.78 is 38.2. The standard InChI is InChI=1S/C25H17F3N2S/c1-17-2-4-18(5-3-17)20(15-29)8-11-23-12-13-24(31-23)14-21(16-30)19-6-9-22(10-7-19)25(26,27)28/h2-10,12-14H,11H2,1H3/b20-8+,21-14+. The molecule has 1 heterocycles. The number of aryl methyl sites for hydroxylation is 1. The Morgan fingerprint density at radius 1 is 0.871 bits per heavy atom.